The van der Waals surface area contributed by atoms with Gasteiger partial charge in [-0.1, -0.05) is 35.7 Å². The second-order valence-electron chi connectivity index (χ2n) is 5.90. The standard InChI is InChI=1S/C17H18Cl2N2O4S/c18-13-5-4-6-14(19)17(13)25-12-7-8-16(22)15(11-12)20-26(23,24)21-9-2-1-3-10-21/h4-8,11,20,22H,1-3,9-10H2. The molecule has 140 valence electrons. The maximum Gasteiger partial charge on any atom is 0.301 e. The van der Waals surface area contributed by atoms with Crippen LogP contribution in [0, 0.1) is 0 Å². The molecule has 1 aliphatic rings. The normalized spacial score (nSPS) is 15.6. The van der Waals surface area contributed by atoms with Gasteiger partial charge in [0.05, 0.1) is 15.7 Å². The van der Waals surface area contributed by atoms with Gasteiger partial charge in [-0.15, -0.1) is 0 Å². The first-order valence-corrected chi connectivity index (χ1v) is 10.3. The van der Waals surface area contributed by atoms with Gasteiger partial charge in [0, 0.05) is 19.2 Å². The molecule has 9 heteroatoms. The molecule has 0 aliphatic carbocycles. The molecule has 0 radical (unpaired) electrons. The summed E-state index contributed by atoms with van der Waals surface area (Å²) in [4.78, 5) is 0. The zero-order chi connectivity index (χ0) is 18.7. The van der Waals surface area contributed by atoms with Gasteiger partial charge in [-0.05, 0) is 37.1 Å². The first-order chi connectivity index (χ1) is 12.4. The summed E-state index contributed by atoms with van der Waals surface area (Å²) >= 11 is 12.2. The Morgan fingerprint density at radius 2 is 1.69 bits per heavy atom. The van der Waals surface area contributed by atoms with Gasteiger partial charge in [-0.2, -0.15) is 12.7 Å². The van der Waals surface area contributed by atoms with Crippen LogP contribution in [-0.4, -0.2) is 30.9 Å². The van der Waals surface area contributed by atoms with Gasteiger partial charge in [0.1, 0.15) is 11.5 Å². The fraction of sp³-hybridized carbons (Fsp3) is 0.294. The van der Waals surface area contributed by atoms with Gasteiger partial charge >= 0.3 is 10.2 Å². The molecule has 1 aliphatic heterocycles. The third-order valence-electron chi connectivity index (χ3n) is 4.00. The van der Waals surface area contributed by atoms with Crippen molar-refractivity contribution in [2.45, 2.75) is 19.3 Å². The molecule has 2 N–H and O–H groups in total. The van der Waals surface area contributed by atoms with E-state index in [9.17, 15) is 13.5 Å². The molecule has 0 atom stereocenters. The quantitative estimate of drug-likeness (QED) is 0.696. The minimum absolute atomic E-state index is 0.0243. The third-order valence-corrected chi connectivity index (χ3v) is 6.12. The van der Waals surface area contributed by atoms with Crippen LogP contribution in [0.2, 0.25) is 10.0 Å². The monoisotopic (exact) mass is 416 g/mol. The lowest BCUT2D eigenvalue weighted by molar-refractivity contribution is 0.349. The maximum absolute atomic E-state index is 12.5. The van der Waals surface area contributed by atoms with Crippen molar-refractivity contribution in [3.8, 4) is 17.2 Å². The van der Waals surface area contributed by atoms with Gasteiger partial charge in [0.25, 0.3) is 0 Å². The molecule has 0 spiro atoms. The summed E-state index contributed by atoms with van der Waals surface area (Å²) in [5.74, 6) is 0.337. The molecule has 0 aromatic heterocycles. The number of benzene rings is 2. The Labute approximate surface area is 162 Å². The molecule has 26 heavy (non-hydrogen) atoms. The molecular weight excluding hydrogens is 399 g/mol. The number of nitrogens with one attached hydrogen (secondary N) is 1. The van der Waals surface area contributed by atoms with E-state index in [4.69, 9.17) is 27.9 Å². The van der Waals surface area contributed by atoms with Crippen molar-refractivity contribution in [1.82, 2.24) is 4.31 Å². The lowest BCUT2D eigenvalue weighted by atomic mass is 10.2. The number of nitrogens with zero attached hydrogens (tertiary/aromatic N) is 1. The number of aromatic hydroxyl groups is 1. The van der Waals surface area contributed by atoms with E-state index in [1.54, 1.807) is 18.2 Å². The first kappa shape index (κ1) is 19.1. The van der Waals surface area contributed by atoms with E-state index >= 15 is 0 Å². The third kappa shape index (κ3) is 4.35. The largest absolute Gasteiger partial charge is 0.506 e. The van der Waals surface area contributed by atoms with Gasteiger partial charge in [-0.25, -0.2) is 0 Å². The van der Waals surface area contributed by atoms with E-state index in [0.717, 1.165) is 19.3 Å². The highest BCUT2D eigenvalue weighted by Crippen LogP contribution is 2.38. The Hall–Kier alpha value is -1.67. The highest BCUT2D eigenvalue weighted by Gasteiger charge is 2.25. The van der Waals surface area contributed by atoms with Gasteiger partial charge < -0.3 is 9.84 Å². The number of halogens is 2. The Morgan fingerprint density at radius 3 is 2.35 bits per heavy atom. The number of ether oxygens (including phenoxy) is 1. The summed E-state index contributed by atoms with van der Waals surface area (Å²) in [5, 5.41) is 10.7. The number of anilines is 1. The lowest BCUT2D eigenvalue weighted by Crippen LogP contribution is -2.39. The van der Waals surface area contributed by atoms with Crippen LogP contribution in [0.3, 0.4) is 0 Å². The number of hydrogen-bond donors (Lipinski definition) is 2. The van der Waals surface area contributed by atoms with Crippen molar-refractivity contribution in [3.63, 3.8) is 0 Å². The molecule has 6 nitrogen and oxygen atoms in total. The van der Waals surface area contributed by atoms with E-state index < -0.39 is 10.2 Å². The van der Waals surface area contributed by atoms with Crippen LogP contribution in [-0.2, 0) is 10.2 Å². The lowest BCUT2D eigenvalue weighted by Gasteiger charge is -2.26. The van der Waals surface area contributed by atoms with Crippen molar-refractivity contribution in [1.29, 1.82) is 0 Å². The fourth-order valence-electron chi connectivity index (χ4n) is 2.67. The van der Waals surface area contributed by atoms with Crippen LogP contribution in [0.25, 0.3) is 0 Å². The Bertz CT molecular complexity index is 879. The first-order valence-electron chi connectivity index (χ1n) is 8.09. The second-order valence-corrected chi connectivity index (χ2v) is 8.38. The fourth-order valence-corrected chi connectivity index (χ4v) is 4.45. The van der Waals surface area contributed by atoms with Crippen molar-refractivity contribution in [3.05, 3.63) is 46.4 Å². The van der Waals surface area contributed by atoms with Crippen LogP contribution in [0.4, 0.5) is 5.69 Å². The van der Waals surface area contributed by atoms with E-state index in [2.05, 4.69) is 4.72 Å². The molecule has 2 aromatic rings. The van der Waals surface area contributed by atoms with E-state index in [1.165, 1.54) is 22.5 Å². The molecule has 1 saturated heterocycles. The Kier molecular flexibility index (Phi) is 5.82. The average Bonchev–Trinajstić information content (AvgIpc) is 2.61. The number of phenolic OH excluding ortho intramolecular Hbond substituents is 1. The number of hydrogen-bond acceptors (Lipinski definition) is 4. The average molecular weight is 417 g/mol. The molecule has 1 fully saturated rings. The molecule has 2 aromatic carbocycles. The van der Waals surface area contributed by atoms with Gasteiger partial charge in [0.15, 0.2) is 5.75 Å². The summed E-state index contributed by atoms with van der Waals surface area (Å²) in [6.07, 6.45) is 2.65. The smallest absolute Gasteiger partial charge is 0.301 e. The molecule has 1 heterocycles. The molecule has 0 amide bonds. The number of para-hydroxylation sites is 1. The summed E-state index contributed by atoms with van der Waals surface area (Å²) in [5.41, 5.74) is 0.0243. The number of piperidine rings is 1. The minimum atomic E-state index is -3.75. The van der Waals surface area contributed by atoms with E-state index in [-0.39, 0.29) is 22.9 Å². The Balaban J connectivity index is 1.84. The SMILES string of the molecule is O=S(=O)(Nc1cc(Oc2c(Cl)cccc2Cl)ccc1O)N1CCCCC1. The van der Waals surface area contributed by atoms with Gasteiger partial charge in [0.2, 0.25) is 0 Å². The predicted molar refractivity (Wildman–Crippen MR) is 103 cm³/mol. The van der Waals surface area contributed by atoms with Crippen LogP contribution < -0.4 is 9.46 Å². The van der Waals surface area contributed by atoms with Crippen molar-refractivity contribution in [2.75, 3.05) is 17.8 Å². The second kappa shape index (κ2) is 7.92. The highest BCUT2D eigenvalue weighted by atomic mass is 35.5. The number of rotatable bonds is 5. The summed E-state index contributed by atoms with van der Waals surface area (Å²) in [6, 6.07) is 9.16. The number of phenols is 1. The molecule has 0 saturated carbocycles. The minimum Gasteiger partial charge on any atom is -0.506 e. The molecule has 3 rings (SSSR count). The summed E-state index contributed by atoms with van der Waals surface area (Å²) < 4.78 is 34.5. The van der Waals surface area contributed by atoms with Crippen LogP contribution in [0.5, 0.6) is 17.2 Å². The maximum atomic E-state index is 12.5. The van der Waals surface area contributed by atoms with E-state index in [1.807, 2.05) is 0 Å². The Morgan fingerprint density at radius 1 is 1.04 bits per heavy atom. The van der Waals surface area contributed by atoms with Crippen LogP contribution >= 0.6 is 23.2 Å². The highest BCUT2D eigenvalue weighted by molar-refractivity contribution is 7.90. The topological polar surface area (TPSA) is 78.9 Å². The van der Waals surface area contributed by atoms with Crippen LogP contribution in [0.15, 0.2) is 36.4 Å². The molecule has 0 bridgehead atoms. The zero-order valence-corrected chi connectivity index (χ0v) is 16.1. The molecule has 0 unspecified atom stereocenters. The summed E-state index contributed by atoms with van der Waals surface area (Å²) in [7, 11) is -3.75. The van der Waals surface area contributed by atoms with Crippen molar-refractivity contribution in [2.24, 2.45) is 0 Å². The zero-order valence-electron chi connectivity index (χ0n) is 13.8. The molecular formula is C17H18Cl2N2O4S. The van der Waals surface area contributed by atoms with Crippen molar-refractivity contribution >= 4 is 39.1 Å². The van der Waals surface area contributed by atoms with Crippen molar-refractivity contribution < 1.29 is 18.3 Å². The summed E-state index contributed by atoms with van der Waals surface area (Å²) in [6.45, 7) is 0.920. The predicted octanol–water partition coefficient (Wildman–Crippen LogP) is 4.63. The van der Waals surface area contributed by atoms with E-state index in [0.29, 0.717) is 23.1 Å². The van der Waals surface area contributed by atoms with Crippen LogP contribution in [0.1, 0.15) is 19.3 Å². The van der Waals surface area contributed by atoms with Gasteiger partial charge in [-0.3, -0.25) is 4.72 Å².